The van der Waals surface area contributed by atoms with Gasteiger partial charge in [-0.15, -0.1) is 0 Å². The van der Waals surface area contributed by atoms with Gasteiger partial charge in [-0.2, -0.15) is 0 Å². The van der Waals surface area contributed by atoms with Gasteiger partial charge in [-0.25, -0.2) is 4.39 Å². The van der Waals surface area contributed by atoms with Crippen LogP contribution >= 0.6 is 0 Å². The lowest BCUT2D eigenvalue weighted by atomic mass is 10.2. The quantitative estimate of drug-likeness (QED) is 0.703. The topological polar surface area (TPSA) is 40.5 Å². The number of aliphatic hydroxyl groups is 1. The maximum Gasteiger partial charge on any atom is 0.164 e. The summed E-state index contributed by atoms with van der Waals surface area (Å²) in [6, 6.07) is 3.98. The van der Waals surface area contributed by atoms with Gasteiger partial charge in [0.15, 0.2) is 11.6 Å². The molecule has 0 saturated carbocycles. The SMILES string of the molecule is OCC=Cc1ccc(F)c(O)c1. The first-order chi connectivity index (χ1) is 5.74. The molecule has 0 aliphatic heterocycles. The average molecular weight is 168 g/mol. The molecule has 0 aliphatic carbocycles. The summed E-state index contributed by atoms with van der Waals surface area (Å²) >= 11 is 0. The normalized spacial score (nSPS) is 10.8. The summed E-state index contributed by atoms with van der Waals surface area (Å²) in [5, 5.41) is 17.4. The minimum Gasteiger partial charge on any atom is -0.505 e. The van der Waals surface area contributed by atoms with Gasteiger partial charge in [0.25, 0.3) is 0 Å². The van der Waals surface area contributed by atoms with Gasteiger partial charge in [0.2, 0.25) is 0 Å². The molecule has 2 N–H and O–H groups in total. The molecule has 0 aromatic heterocycles. The number of phenolic OH excluding ortho intramolecular Hbond substituents is 1. The first-order valence-electron chi connectivity index (χ1n) is 3.50. The number of hydrogen-bond acceptors (Lipinski definition) is 2. The minimum atomic E-state index is -0.642. The molecule has 0 atom stereocenters. The van der Waals surface area contributed by atoms with Crippen LogP contribution in [-0.2, 0) is 0 Å². The van der Waals surface area contributed by atoms with Crippen molar-refractivity contribution in [3.05, 3.63) is 35.7 Å². The Morgan fingerprint density at radius 1 is 1.42 bits per heavy atom. The Hall–Kier alpha value is -1.35. The Balaban J connectivity index is 2.89. The first-order valence-corrected chi connectivity index (χ1v) is 3.50. The van der Waals surface area contributed by atoms with Crippen LogP contribution in [0.2, 0.25) is 0 Å². The van der Waals surface area contributed by atoms with Crippen LogP contribution in [0, 0.1) is 5.82 Å². The maximum absolute atomic E-state index is 12.5. The Bertz CT molecular complexity index is 295. The van der Waals surface area contributed by atoms with Crippen molar-refractivity contribution in [3.63, 3.8) is 0 Å². The highest BCUT2D eigenvalue weighted by atomic mass is 19.1. The van der Waals surface area contributed by atoms with Crippen molar-refractivity contribution in [1.29, 1.82) is 0 Å². The summed E-state index contributed by atoms with van der Waals surface area (Å²) in [7, 11) is 0. The highest BCUT2D eigenvalue weighted by Crippen LogP contribution is 2.17. The number of halogens is 1. The zero-order chi connectivity index (χ0) is 8.97. The van der Waals surface area contributed by atoms with Gasteiger partial charge < -0.3 is 10.2 Å². The number of aliphatic hydroxyl groups excluding tert-OH is 1. The summed E-state index contributed by atoms with van der Waals surface area (Å²) in [4.78, 5) is 0. The van der Waals surface area contributed by atoms with Crippen molar-refractivity contribution in [1.82, 2.24) is 0 Å². The average Bonchev–Trinajstić information content (AvgIpc) is 2.07. The second kappa shape index (κ2) is 3.88. The second-order valence-electron chi connectivity index (χ2n) is 2.30. The van der Waals surface area contributed by atoms with Gasteiger partial charge in [0.1, 0.15) is 0 Å². The molecule has 0 aliphatic rings. The van der Waals surface area contributed by atoms with Crippen LogP contribution in [0.5, 0.6) is 5.75 Å². The van der Waals surface area contributed by atoms with Crippen LogP contribution < -0.4 is 0 Å². The van der Waals surface area contributed by atoms with Gasteiger partial charge in [0.05, 0.1) is 6.61 Å². The lowest BCUT2D eigenvalue weighted by Crippen LogP contribution is -1.78. The molecule has 0 radical (unpaired) electrons. The highest BCUT2D eigenvalue weighted by Gasteiger charge is 1.97. The van der Waals surface area contributed by atoms with Gasteiger partial charge in [-0.05, 0) is 17.7 Å². The molecular weight excluding hydrogens is 159 g/mol. The van der Waals surface area contributed by atoms with Crippen LogP contribution in [0.1, 0.15) is 5.56 Å². The van der Waals surface area contributed by atoms with Crippen molar-refractivity contribution in [2.24, 2.45) is 0 Å². The van der Waals surface area contributed by atoms with Gasteiger partial charge in [-0.1, -0.05) is 18.2 Å². The first kappa shape index (κ1) is 8.74. The fraction of sp³-hybridized carbons (Fsp3) is 0.111. The fourth-order valence-corrected chi connectivity index (χ4v) is 0.822. The summed E-state index contributed by atoms with van der Waals surface area (Å²) in [6.07, 6.45) is 3.10. The number of phenols is 1. The molecule has 0 saturated heterocycles. The standard InChI is InChI=1S/C9H9FO2/c10-8-4-3-7(2-1-5-11)6-9(8)12/h1-4,6,11-12H,5H2. The minimum absolute atomic E-state index is 0.0713. The molecule has 0 heterocycles. The van der Waals surface area contributed by atoms with E-state index in [2.05, 4.69) is 0 Å². The van der Waals surface area contributed by atoms with Crippen LogP contribution in [0.15, 0.2) is 24.3 Å². The van der Waals surface area contributed by atoms with Crippen LogP contribution in [-0.4, -0.2) is 16.8 Å². The monoisotopic (exact) mass is 168 g/mol. The second-order valence-corrected chi connectivity index (χ2v) is 2.30. The van der Waals surface area contributed by atoms with E-state index in [-0.39, 0.29) is 12.4 Å². The predicted octanol–water partition coefficient (Wildman–Crippen LogP) is 1.54. The summed E-state index contributed by atoms with van der Waals surface area (Å²) in [5.41, 5.74) is 0.656. The van der Waals surface area contributed by atoms with Crippen LogP contribution in [0.4, 0.5) is 4.39 Å². The molecule has 0 fully saturated rings. The molecule has 2 nitrogen and oxygen atoms in total. The van der Waals surface area contributed by atoms with E-state index in [1.165, 1.54) is 24.3 Å². The number of hydrogen-bond donors (Lipinski definition) is 2. The molecule has 0 spiro atoms. The Morgan fingerprint density at radius 2 is 2.17 bits per heavy atom. The Morgan fingerprint density at radius 3 is 2.75 bits per heavy atom. The Labute approximate surface area is 69.6 Å². The molecule has 3 heteroatoms. The zero-order valence-corrected chi connectivity index (χ0v) is 6.37. The van der Waals surface area contributed by atoms with E-state index < -0.39 is 5.82 Å². The van der Waals surface area contributed by atoms with E-state index in [4.69, 9.17) is 10.2 Å². The number of benzene rings is 1. The van der Waals surface area contributed by atoms with E-state index in [1.54, 1.807) is 6.08 Å². The van der Waals surface area contributed by atoms with Crippen molar-refractivity contribution in [2.75, 3.05) is 6.61 Å². The number of aromatic hydroxyl groups is 1. The predicted molar refractivity (Wildman–Crippen MR) is 44.2 cm³/mol. The number of rotatable bonds is 2. The third-order valence-corrected chi connectivity index (χ3v) is 1.39. The van der Waals surface area contributed by atoms with Crippen molar-refractivity contribution >= 4 is 6.08 Å². The van der Waals surface area contributed by atoms with E-state index >= 15 is 0 Å². The molecule has 1 aromatic rings. The largest absolute Gasteiger partial charge is 0.505 e. The molecule has 0 unspecified atom stereocenters. The molecule has 1 aromatic carbocycles. The molecule has 64 valence electrons. The summed E-state index contributed by atoms with van der Waals surface area (Å²) in [5.74, 6) is -1.02. The van der Waals surface area contributed by atoms with E-state index in [9.17, 15) is 4.39 Å². The molecule has 12 heavy (non-hydrogen) atoms. The van der Waals surface area contributed by atoms with E-state index in [0.29, 0.717) is 5.56 Å². The van der Waals surface area contributed by atoms with E-state index in [0.717, 1.165) is 0 Å². The third-order valence-electron chi connectivity index (χ3n) is 1.39. The van der Waals surface area contributed by atoms with E-state index in [1.807, 2.05) is 0 Å². The fourth-order valence-electron chi connectivity index (χ4n) is 0.822. The van der Waals surface area contributed by atoms with Crippen LogP contribution in [0.3, 0.4) is 0 Å². The van der Waals surface area contributed by atoms with Gasteiger partial charge in [-0.3, -0.25) is 0 Å². The smallest absolute Gasteiger partial charge is 0.164 e. The van der Waals surface area contributed by atoms with Crippen molar-refractivity contribution in [3.8, 4) is 5.75 Å². The van der Waals surface area contributed by atoms with Crippen molar-refractivity contribution < 1.29 is 14.6 Å². The summed E-state index contributed by atoms with van der Waals surface area (Å²) < 4.78 is 12.5. The highest BCUT2D eigenvalue weighted by molar-refractivity contribution is 5.51. The van der Waals surface area contributed by atoms with Crippen molar-refractivity contribution in [2.45, 2.75) is 0 Å². The van der Waals surface area contributed by atoms with Crippen LogP contribution in [0.25, 0.3) is 6.08 Å². The maximum atomic E-state index is 12.5. The lowest BCUT2D eigenvalue weighted by Gasteiger charge is -1.96. The molecule has 0 bridgehead atoms. The molecule has 0 amide bonds. The third kappa shape index (κ3) is 2.07. The van der Waals surface area contributed by atoms with Gasteiger partial charge in [0, 0.05) is 0 Å². The zero-order valence-electron chi connectivity index (χ0n) is 6.37. The van der Waals surface area contributed by atoms with Gasteiger partial charge >= 0.3 is 0 Å². The molecular formula is C9H9FO2. The summed E-state index contributed by atoms with van der Waals surface area (Å²) in [6.45, 7) is -0.0713. The molecule has 1 rings (SSSR count). The Kier molecular flexibility index (Phi) is 2.82. The lowest BCUT2D eigenvalue weighted by molar-refractivity contribution is 0.343.